The zero-order valence-electron chi connectivity index (χ0n) is 16.2. The molecule has 0 atom stereocenters. The number of nitrogen functional groups attached to an aromatic ring is 1. The van der Waals surface area contributed by atoms with Crippen molar-refractivity contribution in [3.05, 3.63) is 59.3 Å². The molecule has 3 aromatic rings. The predicted octanol–water partition coefficient (Wildman–Crippen LogP) is 3.90. The van der Waals surface area contributed by atoms with Crippen LogP contribution in [-0.2, 0) is 0 Å². The molecule has 0 bridgehead atoms. The van der Waals surface area contributed by atoms with Crippen molar-refractivity contribution in [3.63, 3.8) is 0 Å². The van der Waals surface area contributed by atoms with Crippen molar-refractivity contribution in [2.75, 3.05) is 54.1 Å². The number of para-hydroxylation sites is 1. The number of halogens is 1. The minimum atomic E-state index is 0.557. The highest BCUT2D eigenvalue weighted by Crippen LogP contribution is 2.32. The van der Waals surface area contributed by atoms with Crippen molar-refractivity contribution in [2.24, 2.45) is 0 Å². The summed E-state index contributed by atoms with van der Waals surface area (Å²) in [6, 6.07) is 16.0. The van der Waals surface area contributed by atoms with E-state index < -0.39 is 0 Å². The second kappa shape index (κ2) is 8.57. The first-order valence-corrected chi connectivity index (χ1v) is 10.2. The molecule has 1 aliphatic rings. The Balaban J connectivity index is 1.46. The summed E-state index contributed by atoms with van der Waals surface area (Å²) < 4.78 is 6.19. The minimum absolute atomic E-state index is 0.557. The number of nitrogens with one attached hydrogen (secondary N) is 1. The molecule has 0 amide bonds. The molecule has 7 nitrogen and oxygen atoms in total. The monoisotopic (exact) mass is 454 g/mol. The van der Waals surface area contributed by atoms with Crippen LogP contribution in [0.5, 0.6) is 5.75 Å². The van der Waals surface area contributed by atoms with E-state index >= 15 is 0 Å². The van der Waals surface area contributed by atoms with E-state index in [1.54, 1.807) is 13.4 Å². The van der Waals surface area contributed by atoms with E-state index in [1.165, 1.54) is 5.69 Å². The Bertz CT molecular complexity index is 973. The molecule has 2 aromatic carbocycles. The molecule has 1 fully saturated rings. The first-order chi connectivity index (χ1) is 14.2. The van der Waals surface area contributed by atoms with E-state index in [0.29, 0.717) is 11.5 Å². The first kappa shape index (κ1) is 19.3. The fraction of sp³-hybridized carbons (Fsp3) is 0.238. The lowest BCUT2D eigenvalue weighted by Crippen LogP contribution is -2.47. The Morgan fingerprint density at radius 1 is 0.966 bits per heavy atom. The van der Waals surface area contributed by atoms with Gasteiger partial charge in [0.05, 0.1) is 12.8 Å². The van der Waals surface area contributed by atoms with Crippen LogP contribution in [0, 0.1) is 0 Å². The van der Waals surface area contributed by atoms with Gasteiger partial charge < -0.3 is 25.6 Å². The van der Waals surface area contributed by atoms with Crippen molar-refractivity contribution in [1.82, 2.24) is 9.97 Å². The number of methoxy groups -OCH3 is 1. The van der Waals surface area contributed by atoms with Gasteiger partial charge in [-0.3, -0.25) is 0 Å². The molecule has 8 heteroatoms. The first-order valence-electron chi connectivity index (χ1n) is 9.41. The van der Waals surface area contributed by atoms with Crippen molar-refractivity contribution in [3.8, 4) is 5.75 Å². The Kier molecular flexibility index (Phi) is 5.71. The largest absolute Gasteiger partial charge is 0.497 e. The molecular weight excluding hydrogens is 432 g/mol. The fourth-order valence-electron chi connectivity index (χ4n) is 3.40. The van der Waals surface area contributed by atoms with Gasteiger partial charge in [0.15, 0.2) is 11.6 Å². The number of benzene rings is 2. The van der Waals surface area contributed by atoms with Gasteiger partial charge >= 0.3 is 0 Å². The quantitative estimate of drug-likeness (QED) is 0.604. The molecule has 1 aliphatic heterocycles. The molecule has 3 N–H and O–H groups in total. The van der Waals surface area contributed by atoms with Crippen LogP contribution in [0.15, 0.2) is 59.3 Å². The highest BCUT2D eigenvalue weighted by Gasteiger charge is 2.21. The van der Waals surface area contributed by atoms with E-state index in [4.69, 9.17) is 10.5 Å². The van der Waals surface area contributed by atoms with Crippen LogP contribution >= 0.6 is 15.9 Å². The number of aromatic nitrogens is 2. The highest BCUT2D eigenvalue weighted by molar-refractivity contribution is 9.10. The lowest BCUT2D eigenvalue weighted by molar-refractivity contribution is 0.415. The number of ether oxygens (including phenoxy) is 1. The molecule has 1 aromatic heterocycles. The van der Waals surface area contributed by atoms with Crippen LogP contribution in [-0.4, -0.2) is 43.3 Å². The van der Waals surface area contributed by atoms with Gasteiger partial charge in [-0.15, -0.1) is 0 Å². The summed E-state index contributed by atoms with van der Waals surface area (Å²) in [5.74, 6) is 2.25. The van der Waals surface area contributed by atoms with Gasteiger partial charge in [0.25, 0.3) is 0 Å². The van der Waals surface area contributed by atoms with E-state index in [-0.39, 0.29) is 0 Å². The smallest absolute Gasteiger partial charge is 0.159 e. The van der Waals surface area contributed by atoms with Crippen molar-refractivity contribution in [1.29, 1.82) is 0 Å². The summed E-state index contributed by atoms with van der Waals surface area (Å²) in [6.45, 7) is 3.45. The second-order valence-electron chi connectivity index (χ2n) is 6.74. The third kappa shape index (κ3) is 4.22. The van der Waals surface area contributed by atoms with E-state index in [1.807, 2.05) is 36.4 Å². The molecule has 0 unspecified atom stereocenters. The number of hydrogen-bond acceptors (Lipinski definition) is 7. The van der Waals surface area contributed by atoms with Crippen LogP contribution < -0.4 is 25.6 Å². The van der Waals surface area contributed by atoms with Crippen LogP contribution in [0.25, 0.3) is 0 Å². The lowest BCUT2D eigenvalue weighted by atomic mass is 10.2. The molecule has 29 heavy (non-hydrogen) atoms. The van der Waals surface area contributed by atoms with E-state index in [2.05, 4.69) is 53.1 Å². The topological polar surface area (TPSA) is 79.5 Å². The fourth-order valence-corrected chi connectivity index (χ4v) is 3.78. The summed E-state index contributed by atoms with van der Waals surface area (Å²) in [5, 5.41) is 3.29. The van der Waals surface area contributed by atoms with Crippen molar-refractivity contribution < 1.29 is 4.74 Å². The molecule has 1 saturated heterocycles. The molecular formula is C21H23BrN6O. The number of nitrogens with two attached hydrogens (primary N) is 1. The van der Waals surface area contributed by atoms with Gasteiger partial charge in [0.2, 0.25) is 0 Å². The summed E-state index contributed by atoms with van der Waals surface area (Å²) >= 11 is 3.54. The zero-order chi connectivity index (χ0) is 20.2. The maximum atomic E-state index is 6.42. The molecule has 150 valence electrons. The third-order valence-corrected chi connectivity index (χ3v) is 5.70. The van der Waals surface area contributed by atoms with Gasteiger partial charge in [-0.05, 0) is 52.3 Å². The molecule has 0 saturated carbocycles. The SMILES string of the molecule is COc1ccc(N2CCN(c3ncnc(Nc4ccccc4Br)c3N)CC2)cc1. The molecule has 0 aliphatic carbocycles. The van der Waals surface area contributed by atoms with E-state index in [0.717, 1.165) is 47.9 Å². The standard InChI is InChI=1S/C21H23BrN6O/c1-29-16-8-6-15(7-9-16)27-10-12-28(13-11-27)21-19(23)20(24-14-25-21)26-18-5-3-2-4-17(18)22/h2-9,14H,10-13,23H2,1H3,(H,24,25,26). The molecule has 4 rings (SSSR count). The lowest BCUT2D eigenvalue weighted by Gasteiger charge is -2.37. The number of anilines is 5. The normalized spacial score (nSPS) is 14.0. The van der Waals surface area contributed by atoms with Gasteiger partial charge in [-0.1, -0.05) is 12.1 Å². The Labute approximate surface area is 178 Å². The number of nitrogens with zero attached hydrogens (tertiary/aromatic N) is 4. The number of hydrogen-bond donors (Lipinski definition) is 2. The zero-order valence-corrected chi connectivity index (χ0v) is 17.8. The summed E-state index contributed by atoms with van der Waals surface area (Å²) in [7, 11) is 1.68. The molecule has 0 radical (unpaired) electrons. The minimum Gasteiger partial charge on any atom is -0.497 e. The van der Waals surface area contributed by atoms with Gasteiger partial charge in [0, 0.05) is 36.3 Å². The summed E-state index contributed by atoms with van der Waals surface area (Å²) in [4.78, 5) is 13.3. The van der Waals surface area contributed by atoms with Crippen LogP contribution in [0.4, 0.5) is 28.7 Å². The Morgan fingerprint density at radius 2 is 1.66 bits per heavy atom. The number of piperazine rings is 1. The molecule has 2 heterocycles. The maximum Gasteiger partial charge on any atom is 0.159 e. The van der Waals surface area contributed by atoms with Crippen molar-refractivity contribution >= 4 is 44.6 Å². The van der Waals surface area contributed by atoms with Gasteiger partial charge in [-0.2, -0.15) is 0 Å². The van der Waals surface area contributed by atoms with Crippen LogP contribution in [0.3, 0.4) is 0 Å². The summed E-state index contributed by atoms with van der Waals surface area (Å²) in [6.07, 6.45) is 1.56. The average Bonchev–Trinajstić information content (AvgIpc) is 2.77. The maximum absolute atomic E-state index is 6.42. The molecule has 0 spiro atoms. The van der Waals surface area contributed by atoms with Crippen molar-refractivity contribution in [2.45, 2.75) is 0 Å². The van der Waals surface area contributed by atoms with Gasteiger partial charge in [0.1, 0.15) is 17.8 Å². The predicted molar refractivity (Wildman–Crippen MR) is 121 cm³/mol. The summed E-state index contributed by atoms with van der Waals surface area (Å²) in [5.41, 5.74) is 9.08. The Morgan fingerprint density at radius 3 is 2.34 bits per heavy atom. The third-order valence-electron chi connectivity index (χ3n) is 5.01. The number of rotatable bonds is 5. The van der Waals surface area contributed by atoms with Crippen LogP contribution in [0.1, 0.15) is 0 Å². The highest BCUT2D eigenvalue weighted by atomic mass is 79.9. The second-order valence-corrected chi connectivity index (χ2v) is 7.59. The van der Waals surface area contributed by atoms with Gasteiger partial charge in [-0.25, -0.2) is 9.97 Å². The van der Waals surface area contributed by atoms with E-state index in [9.17, 15) is 0 Å². The Hall–Kier alpha value is -3.00. The van der Waals surface area contributed by atoms with Crippen LogP contribution in [0.2, 0.25) is 0 Å². The average molecular weight is 455 g/mol.